The van der Waals surface area contributed by atoms with Gasteiger partial charge in [0.05, 0.1) is 0 Å². The van der Waals surface area contributed by atoms with Crippen LogP contribution in [-0.2, 0) is 9.53 Å². The van der Waals surface area contributed by atoms with E-state index in [4.69, 9.17) is 9.84 Å². The van der Waals surface area contributed by atoms with Gasteiger partial charge in [0.2, 0.25) is 0 Å². The molecule has 4 nitrogen and oxygen atoms in total. The van der Waals surface area contributed by atoms with Crippen LogP contribution in [0, 0.1) is 5.92 Å². The number of hydrogen-bond acceptors (Lipinski definition) is 3. The summed E-state index contributed by atoms with van der Waals surface area (Å²) in [5.74, 6) is 0.0410. The van der Waals surface area contributed by atoms with E-state index in [0.29, 0.717) is 13.2 Å². The van der Waals surface area contributed by atoms with Crippen LogP contribution in [-0.4, -0.2) is 36.4 Å². The van der Waals surface area contributed by atoms with Crippen molar-refractivity contribution >= 4 is 5.91 Å². The highest BCUT2D eigenvalue weighted by Gasteiger charge is 2.37. The second-order valence-corrected chi connectivity index (χ2v) is 4.18. The lowest BCUT2D eigenvalue weighted by atomic mass is 10.0. The van der Waals surface area contributed by atoms with Gasteiger partial charge in [0.1, 0.15) is 5.60 Å². The van der Waals surface area contributed by atoms with E-state index in [2.05, 4.69) is 5.32 Å². The fourth-order valence-electron chi connectivity index (χ4n) is 1.48. The Hall–Kier alpha value is -0.610. The second kappa shape index (κ2) is 4.75. The highest BCUT2D eigenvalue weighted by molar-refractivity contribution is 5.84. The van der Waals surface area contributed by atoms with Gasteiger partial charge in [-0.25, -0.2) is 0 Å². The van der Waals surface area contributed by atoms with Crippen molar-refractivity contribution in [1.29, 1.82) is 0 Å². The third-order valence-electron chi connectivity index (χ3n) is 2.62. The summed E-state index contributed by atoms with van der Waals surface area (Å²) in [5.41, 5.74) is -0.644. The number of aliphatic hydroxyl groups is 1. The third-order valence-corrected chi connectivity index (χ3v) is 2.62. The standard InChI is InChI=1S/C10H19NO3/c1-8(7-12)6-11-9(13)10(2)4-3-5-14-10/h8,12H,3-7H2,1-2H3,(H,11,13). The Bertz CT molecular complexity index is 200. The summed E-state index contributed by atoms with van der Waals surface area (Å²) >= 11 is 0. The molecule has 2 N–H and O–H groups in total. The maximum atomic E-state index is 11.7. The van der Waals surface area contributed by atoms with Gasteiger partial charge in [-0.15, -0.1) is 0 Å². The molecule has 82 valence electrons. The van der Waals surface area contributed by atoms with Crippen LogP contribution in [0.15, 0.2) is 0 Å². The number of rotatable bonds is 4. The predicted molar refractivity (Wildman–Crippen MR) is 52.9 cm³/mol. The maximum Gasteiger partial charge on any atom is 0.251 e. The molecular formula is C10H19NO3. The number of carbonyl (C=O) groups excluding carboxylic acids is 1. The molecule has 14 heavy (non-hydrogen) atoms. The van der Waals surface area contributed by atoms with Crippen molar-refractivity contribution in [3.05, 3.63) is 0 Å². The first-order chi connectivity index (χ1) is 6.58. The lowest BCUT2D eigenvalue weighted by molar-refractivity contribution is -0.139. The quantitative estimate of drug-likeness (QED) is 0.687. The van der Waals surface area contributed by atoms with Crippen molar-refractivity contribution in [2.75, 3.05) is 19.8 Å². The molecule has 1 fully saturated rings. The minimum Gasteiger partial charge on any atom is -0.396 e. The minimum absolute atomic E-state index is 0.0599. The Labute approximate surface area is 84.6 Å². The van der Waals surface area contributed by atoms with E-state index in [9.17, 15) is 4.79 Å². The highest BCUT2D eigenvalue weighted by atomic mass is 16.5. The molecule has 1 aliphatic rings. The summed E-state index contributed by atoms with van der Waals surface area (Å²) in [6, 6.07) is 0. The van der Waals surface area contributed by atoms with E-state index in [1.165, 1.54) is 0 Å². The first-order valence-corrected chi connectivity index (χ1v) is 5.11. The molecule has 1 saturated heterocycles. The Kier molecular flexibility index (Phi) is 3.89. The fourth-order valence-corrected chi connectivity index (χ4v) is 1.48. The first kappa shape index (κ1) is 11.5. The van der Waals surface area contributed by atoms with Gasteiger partial charge in [-0.3, -0.25) is 4.79 Å². The highest BCUT2D eigenvalue weighted by Crippen LogP contribution is 2.24. The lowest BCUT2D eigenvalue weighted by Crippen LogP contribution is -2.45. The van der Waals surface area contributed by atoms with Crippen molar-refractivity contribution in [2.24, 2.45) is 5.92 Å². The van der Waals surface area contributed by atoms with Crippen LogP contribution in [0.25, 0.3) is 0 Å². The molecule has 1 rings (SSSR count). The second-order valence-electron chi connectivity index (χ2n) is 4.18. The van der Waals surface area contributed by atoms with Crippen molar-refractivity contribution < 1.29 is 14.6 Å². The number of hydrogen-bond donors (Lipinski definition) is 2. The zero-order valence-corrected chi connectivity index (χ0v) is 8.88. The molecule has 0 aromatic heterocycles. The Morgan fingerprint density at radius 3 is 2.93 bits per heavy atom. The molecule has 0 aromatic carbocycles. The van der Waals surface area contributed by atoms with Gasteiger partial charge in [-0.05, 0) is 25.7 Å². The normalized spacial score (nSPS) is 28.8. The number of nitrogens with one attached hydrogen (secondary N) is 1. The summed E-state index contributed by atoms with van der Waals surface area (Å²) in [6.07, 6.45) is 1.73. The van der Waals surface area contributed by atoms with E-state index in [-0.39, 0.29) is 18.4 Å². The number of amides is 1. The molecule has 0 aromatic rings. The SMILES string of the molecule is CC(CO)CNC(=O)C1(C)CCCO1. The molecule has 2 atom stereocenters. The van der Waals surface area contributed by atoms with Crippen molar-refractivity contribution in [2.45, 2.75) is 32.3 Å². The van der Waals surface area contributed by atoms with Crippen LogP contribution < -0.4 is 5.32 Å². The zero-order chi connectivity index (χ0) is 10.6. The summed E-state index contributed by atoms with van der Waals surface area (Å²) < 4.78 is 5.39. The zero-order valence-electron chi connectivity index (χ0n) is 8.88. The maximum absolute atomic E-state index is 11.7. The van der Waals surface area contributed by atoms with Gasteiger partial charge in [0, 0.05) is 19.8 Å². The van der Waals surface area contributed by atoms with E-state index < -0.39 is 5.60 Å². The average molecular weight is 201 g/mol. The molecule has 0 bridgehead atoms. The van der Waals surface area contributed by atoms with E-state index in [0.717, 1.165) is 12.8 Å². The summed E-state index contributed by atoms with van der Waals surface area (Å²) in [7, 11) is 0. The van der Waals surface area contributed by atoms with Crippen LogP contribution in [0.5, 0.6) is 0 Å². The molecule has 1 amide bonds. The van der Waals surface area contributed by atoms with Crippen LogP contribution in [0.1, 0.15) is 26.7 Å². The van der Waals surface area contributed by atoms with Gasteiger partial charge in [-0.2, -0.15) is 0 Å². The number of aliphatic hydroxyl groups excluding tert-OH is 1. The fraction of sp³-hybridized carbons (Fsp3) is 0.900. The molecule has 4 heteroatoms. The van der Waals surface area contributed by atoms with E-state index >= 15 is 0 Å². The molecule has 0 saturated carbocycles. The van der Waals surface area contributed by atoms with Crippen molar-refractivity contribution in [3.8, 4) is 0 Å². The Morgan fingerprint density at radius 1 is 1.71 bits per heavy atom. The lowest BCUT2D eigenvalue weighted by Gasteiger charge is -2.22. The summed E-state index contributed by atoms with van der Waals surface area (Å²) in [6.45, 7) is 4.97. The average Bonchev–Trinajstić information content (AvgIpc) is 2.62. The summed E-state index contributed by atoms with van der Waals surface area (Å²) in [4.78, 5) is 11.7. The Balaban J connectivity index is 2.34. The predicted octanol–water partition coefficient (Wildman–Crippen LogP) is 0.300. The molecule has 0 aliphatic carbocycles. The van der Waals surface area contributed by atoms with E-state index in [1.807, 2.05) is 13.8 Å². The van der Waals surface area contributed by atoms with Gasteiger partial charge in [0.15, 0.2) is 0 Å². The molecule has 2 unspecified atom stereocenters. The Morgan fingerprint density at radius 2 is 2.43 bits per heavy atom. The van der Waals surface area contributed by atoms with Gasteiger partial charge in [-0.1, -0.05) is 6.92 Å². The van der Waals surface area contributed by atoms with Crippen molar-refractivity contribution in [3.63, 3.8) is 0 Å². The first-order valence-electron chi connectivity index (χ1n) is 5.11. The molecule has 0 spiro atoms. The van der Waals surface area contributed by atoms with E-state index in [1.54, 1.807) is 0 Å². The smallest absolute Gasteiger partial charge is 0.251 e. The molecule has 1 aliphatic heterocycles. The van der Waals surface area contributed by atoms with Crippen LogP contribution >= 0.6 is 0 Å². The molecule has 0 radical (unpaired) electrons. The van der Waals surface area contributed by atoms with Crippen LogP contribution in [0.3, 0.4) is 0 Å². The molecular weight excluding hydrogens is 182 g/mol. The van der Waals surface area contributed by atoms with Gasteiger partial charge >= 0.3 is 0 Å². The van der Waals surface area contributed by atoms with Crippen LogP contribution in [0.2, 0.25) is 0 Å². The minimum atomic E-state index is -0.644. The summed E-state index contributed by atoms with van der Waals surface area (Å²) in [5, 5.41) is 11.6. The number of carbonyl (C=O) groups is 1. The molecule has 1 heterocycles. The van der Waals surface area contributed by atoms with Crippen LogP contribution in [0.4, 0.5) is 0 Å². The largest absolute Gasteiger partial charge is 0.396 e. The topological polar surface area (TPSA) is 58.6 Å². The van der Waals surface area contributed by atoms with Gasteiger partial charge in [0.25, 0.3) is 5.91 Å². The third kappa shape index (κ3) is 2.69. The van der Waals surface area contributed by atoms with Crippen molar-refractivity contribution in [1.82, 2.24) is 5.32 Å². The van der Waals surface area contributed by atoms with Gasteiger partial charge < -0.3 is 15.2 Å². The monoisotopic (exact) mass is 201 g/mol. The number of ether oxygens (including phenoxy) is 1.